The van der Waals surface area contributed by atoms with Gasteiger partial charge >= 0.3 is 0 Å². The maximum absolute atomic E-state index is 12.3. The lowest BCUT2D eigenvalue weighted by Gasteiger charge is -2.24. The minimum Gasteiger partial charge on any atom is -0.211 e. The van der Waals surface area contributed by atoms with Gasteiger partial charge in [0, 0.05) is 16.9 Å². The fourth-order valence-electron chi connectivity index (χ4n) is 1.69. The number of nitrogens with one attached hydrogen (secondary N) is 1. The molecule has 3 nitrogen and oxygen atoms in total. The van der Waals surface area contributed by atoms with Crippen LogP contribution < -0.4 is 4.72 Å². The van der Waals surface area contributed by atoms with Crippen LogP contribution in [0.3, 0.4) is 0 Å². The second-order valence-electron chi connectivity index (χ2n) is 5.36. The first-order chi connectivity index (χ1) is 9.18. The molecule has 0 saturated heterocycles. The normalized spacial score (nSPS) is 12.7. The van der Waals surface area contributed by atoms with Gasteiger partial charge in [0.2, 0.25) is 10.0 Å². The third-order valence-corrected chi connectivity index (χ3v) is 5.59. The van der Waals surface area contributed by atoms with E-state index in [2.05, 4.69) is 20.7 Å². The Kier molecular flexibility index (Phi) is 6.80. The zero-order valence-corrected chi connectivity index (χ0v) is 15.3. The first kappa shape index (κ1) is 18.2. The molecule has 0 aromatic heterocycles. The molecule has 0 aliphatic rings. The standard InChI is InChI=1S/C13H18BrCl2NO2S/c1-13(2,6-3-7-14)9-17-20(18,19)12-8-10(15)4-5-11(12)16/h4-5,8,17H,3,6-7,9H2,1-2H3. The summed E-state index contributed by atoms with van der Waals surface area (Å²) in [5, 5.41) is 1.41. The largest absolute Gasteiger partial charge is 0.242 e. The van der Waals surface area contributed by atoms with Crippen molar-refractivity contribution >= 4 is 49.2 Å². The van der Waals surface area contributed by atoms with E-state index < -0.39 is 10.0 Å². The Morgan fingerprint density at radius 3 is 2.55 bits per heavy atom. The second kappa shape index (κ2) is 7.45. The van der Waals surface area contributed by atoms with Gasteiger partial charge in [-0.05, 0) is 36.5 Å². The highest BCUT2D eigenvalue weighted by Crippen LogP contribution is 2.26. The van der Waals surface area contributed by atoms with Crippen LogP contribution in [0, 0.1) is 5.41 Å². The Hall–Kier alpha value is 0.190. The summed E-state index contributed by atoms with van der Waals surface area (Å²) in [5.74, 6) is 0. The van der Waals surface area contributed by atoms with Gasteiger partial charge in [0.05, 0.1) is 5.02 Å². The second-order valence-corrected chi connectivity index (χ2v) is 8.73. The van der Waals surface area contributed by atoms with Crippen molar-refractivity contribution < 1.29 is 8.42 Å². The summed E-state index contributed by atoms with van der Waals surface area (Å²) in [4.78, 5) is 0.0166. The predicted octanol–water partition coefficient (Wildman–Crippen LogP) is 4.47. The van der Waals surface area contributed by atoms with E-state index in [1.54, 1.807) is 6.07 Å². The molecule has 0 spiro atoms. The number of benzene rings is 1. The highest BCUT2D eigenvalue weighted by atomic mass is 79.9. The van der Waals surface area contributed by atoms with Gasteiger partial charge in [-0.1, -0.05) is 53.0 Å². The molecule has 0 radical (unpaired) electrons. The summed E-state index contributed by atoms with van der Waals surface area (Å²) in [6.45, 7) is 4.40. The summed E-state index contributed by atoms with van der Waals surface area (Å²) >= 11 is 15.1. The van der Waals surface area contributed by atoms with Crippen LogP contribution in [0.25, 0.3) is 0 Å². The van der Waals surface area contributed by atoms with Crippen molar-refractivity contribution in [2.24, 2.45) is 5.41 Å². The summed E-state index contributed by atoms with van der Waals surface area (Å²) in [6.07, 6.45) is 1.91. The number of rotatable bonds is 7. The highest BCUT2D eigenvalue weighted by Gasteiger charge is 2.23. The van der Waals surface area contributed by atoms with E-state index in [0.29, 0.717) is 11.6 Å². The van der Waals surface area contributed by atoms with Gasteiger partial charge in [-0.3, -0.25) is 0 Å². The SMILES string of the molecule is CC(C)(CCCBr)CNS(=O)(=O)c1cc(Cl)ccc1Cl. The minimum atomic E-state index is -3.65. The lowest BCUT2D eigenvalue weighted by atomic mass is 9.88. The number of hydrogen-bond donors (Lipinski definition) is 1. The molecule has 0 fully saturated rings. The maximum atomic E-state index is 12.3. The fourth-order valence-corrected chi connectivity index (χ4v) is 3.97. The Labute approximate surface area is 139 Å². The van der Waals surface area contributed by atoms with Crippen LogP contribution in [0.4, 0.5) is 0 Å². The van der Waals surface area contributed by atoms with Crippen molar-refractivity contribution in [2.45, 2.75) is 31.6 Å². The van der Waals surface area contributed by atoms with Crippen molar-refractivity contribution in [1.82, 2.24) is 4.72 Å². The number of halogens is 3. The first-order valence-corrected chi connectivity index (χ1v) is 9.55. The molecule has 0 saturated carbocycles. The quantitative estimate of drug-likeness (QED) is 0.683. The van der Waals surface area contributed by atoms with Gasteiger partial charge < -0.3 is 0 Å². The van der Waals surface area contributed by atoms with Crippen LogP contribution >= 0.6 is 39.1 Å². The fraction of sp³-hybridized carbons (Fsp3) is 0.538. The molecule has 0 amide bonds. The molecule has 0 heterocycles. The zero-order valence-electron chi connectivity index (χ0n) is 11.4. The van der Waals surface area contributed by atoms with Crippen LogP contribution in [0.15, 0.2) is 23.1 Å². The van der Waals surface area contributed by atoms with E-state index in [-0.39, 0.29) is 15.3 Å². The van der Waals surface area contributed by atoms with E-state index in [1.165, 1.54) is 12.1 Å². The number of sulfonamides is 1. The van der Waals surface area contributed by atoms with E-state index in [0.717, 1.165) is 18.2 Å². The van der Waals surface area contributed by atoms with E-state index in [1.807, 2.05) is 13.8 Å². The smallest absolute Gasteiger partial charge is 0.211 e. The average molecular weight is 403 g/mol. The molecule has 0 unspecified atom stereocenters. The van der Waals surface area contributed by atoms with Crippen LogP contribution in [-0.2, 0) is 10.0 Å². The molecule has 0 aliphatic heterocycles. The molecule has 20 heavy (non-hydrogen) atoms. The Morgan fingerprint density at radius 2 is 1.95 bits per heavy atom. The molecule has 1 rings (SSSR count). The van der Waals surface area contributed by atoms with Crippen molar-refractivity contribution in [1.29, 1.82) is 0 Å². The lowest BCUT2D eigenvalue weighted by Crippen LogP contribution is -2.34. The molecule has 0 atom stereocenters. The Balaban J connectivity index is 2.83. The van der Waals surface area contributed by atoms with Gasteiger partial charge in [-0.15, -0.1) is 0 Å². The molecule has 0 aliphatic carbocycles. The topological polar surface area (TPSA) is 46.2 Å². The molecule has 7 heteroatoms. The zero-order chi connectivity index (χ0) is 15.4. The number of alkyl halides is 1. The van der Waals surface area contributed by atoms with Crippen LogP contribution in [-0.4, -0.2) is 20.3 Å². The Morgan fingerprint density at radius 1 is 1.30 bits per heavy atom. The van der Waals surface area contributed by atoms with Crippen molar-refractivity contribution in [3.05, 3.63) is 28.2 Å². The van der Waals surface area contributed by atoms with Crippen LogP contribution in [0.1, 0.15) is 26.7 Å². The lowest BCUT2D eigenvalue weighted by molar-refractivity contribution is 0.332. The summed E-state index contributed by atoms with van der Waals surface area (Å²) in [7, 11) is -3.65. The summed E-state index contributed by atoms with van der Waals surface area (Å²) in [6, 6.07) is 4.40. The molecular weight excluding hydrogens is 385 g/mol. The molecule has 1 N–H and O–H groups in total. The average Bonchev–Trinajstić information content (AvgIpc) is 2.37. The third-order valence-electron chi connectivity index (χ3n) is 2.91. The van der Waals surface area contributed by atoms with Gasteiger partial charge in [0.15, 0.2) is 0 Å². The van der Waals surface area contributed by atoms with Crippen LogP contribution in [0.5, 0.6) is 0 Å². The molecule has 1 aromatic rings. The molecule has 114 valence electrons. The monoisotopic (exact) mass is 401 g/mol. The minimum absolute atomic E-state index is 0.0166. The first-order valence-electron chi connectivity index (χ1n) is 6.19. The van der Waals surface area contributed by atoms with Crippen molar-refractivity contribution in [3.63, 3.8) is 0 Å². The van der Waals surface area contributed by atoms with E-state index in [4.69, 9.17) is 23.2 Å². The van der Waals surface area contributed by atoms with Crippen molar-refractivity contribution in [3.8, 4) is 0 Å². The van der Waals surface area contributed by atoms with Crippen LogP contribution in [0.2, 0.25) is 10.0 Å². The highest BCUT2D eigenvalue weighted by molar-refractivity contribution is 9.09. The van der Waals surface area contributed by atoms with E-state index in [9.17, 15) is 8.42 Å². The third kappa shape index (κ3) is 5.53. The predicted molar refractivity (Wildman–Crippen MR) is 88.5 cm³/mol. The van der Waals surface area contributed by atoms with E-state index >= 15 is 0 Å². The molecule has 1 aromatic carbocycles. The van der Waals surface area contributed by atoms with Gasteiger partial charge in [-0.25, -0.2) is 13.1 Å². The summed E-state index contributed by atoms with van der Waals surface area (Å²) < 4.78 is 27.1. The summed E-state index contributed by atoms with van der Waals surface area (Å²) in [5.41, 5.74) is -0.119. The Bertz CT molecular complexity index is 561. The number of hydrogen-bond acceptors (Lipinski definition) is 2. The van der Waals surface area contributed by atoms with Gasteiger partial charge in [0.25, 0.3) is 0 Å². The molecular formula is C13H18BrCl2NO2S. The molecule has 0 bridgehead atoms. The van der Waals surface area contributed by atoms with Gasteiger partial charge in [0.1, 0.15) is 4.90 Å². The van der Waals surface area contributed by atoms with Gasteiger partial charge in [-0.2, -0.15) is 0 Å². The van der Waals surface area contributed by atoms with Crippen molar-refractivity contribution in [2.75, 3.05) is 11.9 Å². The maximum Gasteiger partial charge on any atom is 0.242 e.